The Labute approximate surface area is 93.5 Å². The fourth-order valence-corrected chi connectivity index (χ4v) is 4.39. The van der Waals surface area contributed by atoms with E-state index in [2.05, 4.69) is 38.1 Å². The van der Waals surface area contributed by atoms with Crippen LogP contribution in [0.4, 0.5) is 0 Å². The van der Waals surface area contributed by atoms with Crippen LogP contribution in [0, 0.1) is 0 Å². The van der Waals surface area contributed by atoms with E-state index >= 15 is 0 Å². The van der Waals surface area contributed by atoms with Crippen molar-refractivity contribution in [1.82, 2.24) is 0 Å². The van der Waals surface area contributed by atoms with Crippen molar-refractivity contribution in [2.45, 2.75) is 25.4 Å². The molecule has 15 heavy (non-hydrogen) atoms. The van der Waals surface area contributed by atoms with Gasteiger partial charge in [0, 0.05) is 20.3 Å². The molecule has 0 amide bonds. The number of hydrogen-bond acceptors (Lipinski definition) is 2. The molecule has 0 unspecified atom stereocenters. The van der Waals surface area contributed by atoms with Crippen molar-refractivity contribution in [3.63, 3.8) is 0 Å². The first-order valence-corrected chi connectivity index (χ1v) is 7.39. The molecule has 84 valence electrons. The van der Waals surface area contributed by atoms with Crippen molar-refractivity contribution in [3.8, 4) is 0 Å². The minimum absolute atomic E-state index is 0.452. The standard InChI is InChI=1S/C12H20O2Si/c1-11(2)15(13-3,14-4)10-12-8-6-5-7-9-12/h5-9,11H,10H2,1-4H3. The van der Waals surface area contributed by atoms with Crippen molar-refractivity contribution in [1.29, 1.82) is 0 Å². The first-order valence-electron chi connectivity index (χ1n) is 5.29. The summed E-state index contributed by atoms with van der Waals surface area (Å²) in [4.78, 5) is 0. The third kappa shape index (κ3) is 2.90. The van der Waals surface area contributed by atoms with E-state index in [1.165, 1.54) is 5.56 Å². The summed E-state index contributed by atoms with van der Waals surface area (Å²) >= 11 is 0. The Bertz CT molecular complexity index is 281. The molecular weight excluding hydrogens is 204 g/mol. The Hall–Kier alpha value is -0.643. The molecule has 0 heterocycles. The molecule has 0 aliphatic rings. The van der Waals surface area contributed by atoms with Crippen LogP contribution < -0.4 is 0 Å². The van der Waals surface area contributed by atoms with E-state index in [9.17, 15) is 0 Å². The lowest BCUT2D eigenvalue weighted by atomic mass is 10.2. The van der Waals surface area contributed by atoms with Gasteiger partial charge in [-0.05, 0) is 11.1 Å². The van der Waals surface area contributed by atoms with E-state index in [0.29, 0.717) is 5.54 Å². The maximum atomic E-state index is 5.67. The van der Waals surface area contributed by atoms with Gasteiger partial charge in [-0.3, -0.25) is 0 Å². The largest absolute Gasteiger partial charge is 0.397 e. The van der Waals surface area contributed by atoms with Gasteiger partial charge in [0.1, 0.15) is 0 Å². The maximum absolute atomic E-state index is 5.67. The van der Waals surface area contributed by atoms with Gasteiger partial charge < -0.3 is 8.85 Å². The Morgan fingerprint density at radius 3 is 2.00 bits per heavy atom. The van der Waals surface area contributed by atoms with Gasteiger partial charge in [-0.1, -0.05) is 44.2 Å². The van der Waals surface area contributed by atoms with Gasteiger partial charge in [-0.15, -0.1) is 0 Å². The second-order valence-electron chi connectivity index (χ2n) is 4.04. The normalized spacial score (nSPS) is 12.1. The van der Waals surface area contributed by atoms with Gasteiger partial charge >= 0.3 is 8.56 Å². The highest BCUT2D eigenvalue weighted by molar-refractivity contribution is 6.68. The zero-order valence-electron chi connectivity index (χ0n) is 9.99. The number of hydrogen-bond donors (Lipinski definition) is 0. The summed E-state index contributed by atoms with van der Waals surface area (Å²) in [5, 5.41) is 0. The minimum Gasteiger partial charge on any atom is -0.397 e. The van der Waals surface area contributed by atoms with E-state index in [1.54, 1.807) is 14.2 Å². The van der Waals surface area contributed by atoms with Crippen molar-refractivity contribution in [2.24, 2.45) is 0 Å². The summed E-state index contributed by atoms with van der Waals surface area (Å²) in [6.45, 7) is 4.34. The highest BCUT2D eigenvalue weighted by Crippen LogP contribution is 2.25. The summed E-state index contributed by atoms with van der Waals surface area (Å²) in [5.41, 5.74) is 1.74. The van der Waals surface area contributed by atoms with Crippen LogP contribution >= 0.6 is 0 Å². The Kier molecular flexibility index (Phi) is 4.51. The van der Waals surface area contributed by atoms with Gasteiger partial charge in [0.05, 0.1) is 0 Å². The summed E-state index contributed by atoms with van der Waals surface area (Å²) in [5.74, 6) is 0. The highest BCUT2D eigenvalue weighted by atomic mass is 28.4. The van der Waals surface area contributed by atoms with Gasteiger partial charge in [0.2, 0.25) is 0 Å². The van der Waals surface area contributed by atoms with Crippen LogP contribution in [0.1, 0.15) is 19.4 Å². The van der Waals surface area contributed by atoms with Crippen LogP contribution in [-0.4, -0.2) is 22.8 Å². The SMILES string of the molecule is CO[Si](Cc1ccccc1)(OC)C(C)C. The molecule has 0 saturated carbocycles. The molecule has 2 nitrogen and oxygen atoms in total. The Morgan fingerprint density at radius 2 is 1.60 bits per heavy atom. The van der Waals surface area contributed by atoms with Crippen LogP contribution in [-0.2, 0) is 14.9 Å². The maximum Gasteiger partial charge on any atom is 0.344 e. The molecule has 0 aliphatic heterocycles. The average Bonchev–Trinajstić information content (AvgIpc) is 2.27. The molecule has 1 aromatic carbocycles. The number of rotatable bonds is 5. The molecule has 0 fully saturated rings. The van der Waals surface area contributed by atoms with E-state index < -0.39 is 8.56 Å². The van der Waals surface area contributed by atoms with Gasteiger partial charge in [0.15, 0.2) is 0 Å². The van der Waals surface area contributed by atoms with Crippen molar-refractivity contribution in [2.75, 3.05) is 14.2 Å². The van der Waals surface area contributed by atoms with E-state index in [0.717, 1.165) is 6.04 Å². The van der Waals surface area contributed by atoms with Crippen LogP contribution in [0.25, 0.3) is 0 Å². The van der Waals surface area contributed by atoms with Crippen LogP contribution in [0.2, 0.25) is 5.54 Å². The molecular formula is C12H20O2Si. The van der Waals surface area contributed by atoms with Crippen molar-refractivity contribution >= 4 is 8.56 Å². The fourth-order valence-electron chi connectivity index (χ4n) is 1.78. The monoisotopic (exact) mass is 224 g/mol. The molecule has 0 N–H and O–H groups in total. The summed E-state index contributed by atoms with van der Waals surface area (Å²) < 4.78 is 11.3. The molecule has 1 rings (SSSR count). The topological polar surface area (TPSA) is 18.5 Å². The Morgan fingerprint density at radius 1 is 1.07 bits per heavy atom. The lowest BCUT2D eigenvalue weighted by Crippen LogP contribution is -2.46. The number of benzene rings is 1. The van der Waals surface area contributed by atoms with Crippen LogP contribution in [0.5, 0.6) is 0 Å². The van der Waals surface area contributed by atoms with E-state index in [-0.39, 0.29) is 0 Å². The van der Waals surface area contributed by atoms with Gasteiger partial charge in [-0.2, -0.15) is 0 Å². The van der Waals surface area contributed by atoms with Gasteiger partial charge in [-0.25, -0.2) is 0 Å². The first kappa shape index (κ1) is 12.4. The third-order valence-corrected chi connectivity index (χ3v) is 6.91. The molecule has 3 heteroatoms. The minimum atomic E-state index is -2.06. The van der Waals surface area contributed by atoms with Crippen LogP contribution in [0.3, 0.4) is 0 Å². The fraction of sp³-hybridized carbons (Fsp3) is 0.500. The zero-order chi connectivity index (χ0) is 11.3. The predicted molar refractivity (Wildman–Crippen MR) is 65.0 cm³/mol. The third-order valence-electron chi connectivity index (χ3n) is 2.86. The van der Waals surface area contributed by atoms with Crippen molar-refractivity contribution in [3.05, 3.63) is 35.9 Å². The molecule has 0 spiro atoms. The lowest BCUT2D eigenvalue weighted by Gasteiger charge is -2.31. The molecule has 0 bridgehead atoms. The molecule has 0 atom stereocenters. The second kappa shape index (κ2) is 5.44. The molecule has 0 aromatic heterocycles. The second-order valence-corrected chi connectivity index (χ2v) is 7.99. The summed E-state index contributed by atoms with van der Waals surface area (Å²) in [6.07, 6.45) is 0. The van der Waals surface area contributed by atoms with Gasteiger partial charge in [0.25, 0.3) is 0 Å². The lowest BCUT2D eigenvalue weighted by molar-refractivity contribution is 0.231. The zero-order valence-corrected chi connectivity index (χ0v) is 11.0. The quantitative estimate of drug-likeness (QED) is 0.716. The van der Waals surface area contributed by atoms with E-state index in [1.807, 2.05) is 6.07 Å². The molecule has 0 aliphatic carbocycles. The smallest absolute Gasteiger partial charge is 0.344 e. The van der Waals surface area contributed by atoms with E-state index in [4.69, 9.17) is 8.85 Å². The summed E-state index contributed by atoms with van der Waals surface area (Å²) in [7, 11) is 1.46. The first-order chi connectivity index (χ1) is 7.14. The molecule has 1 aromatic rings. The van der Waals surface area contributed by atoms with Crippen LogP contribution in [0.15, 0.2) is 30.3 Å². The van der Waals surface area contributed by atoms with Crippen molar-refractivity contribution < 1.29 is 8.85 Å². The average molecular weight is 224 g/mol. The molecule has 0 radical (unpaired) electrons. The highest BCUT2D eigenvalue weighted by Gasteiger charge is 2.39. The summed E-state index contributed by atoms with van der Waals surface area (Å²) in [6, 6.07) is 11.3. The Balaban J connectivity index is 2.84. The molecule has 0 saturated heterocycles. The predicted octanol–water partition coefficient (Wildman–Crippen LogP) is 2.91.